The van der Waals surface area contributed by atoms with Crippen LogP contribution in [0.5, 0.6) is 0 Å². The quantitative estimate of drug-likeness (QED) is 0.790. The van der Waals surface area contributed by atoms with E-state index in [0.29, 0.717) is 30.8 Å². The number of alkyl halides is 3. The van der Waals surface area contributed by atoms with E-state index < -0.39 is 12.1 Å². The molecule has 0 unspecified atom stereocenters. The molecule has 7 heteroatoms. The average molecular weight is 324 g/mol. The standard InChI is InChI=1S/C14H23F3N2OS/c1-9(2)19(8-7-12(18)21)13(20)10-3-5-11(6-4-10)14(15,16)17/h9-11H,3-8H2,1-2H3,(H2,18,21). The maximum absolute atomic E-state index is 12.6. The topological polar surface area (TPSA) is 46.3 Å². The van der Waals surface area contributed by atoms with Crippen LogP contribution in [0.2, 0.25) is 0 Å². The van der Waals surface area contributed by atoms with E-state index in [2.05, 4.69) is 0 Å². The first-order valence-electron chi connectivity index (χ1n) is 7.28. The molecule has 1 fully saturated rings. The van der Waals surface area contributed by atoms with Gasteiger partial charge in [-0.15, -0.1) is 0 Å². The predicted molar refractivity (Wildman–Crippen MR) is 79.8 cm³/mol. The number of amides is 1. The van der Waals surface area contributed by atoms with Gasteiger partial charge in [0.25, 0.3) is 0 Å². The second kappa shape index (κ2) is 7.42. The van der Waals surface area contributed by atoms with Crippen molar-refractivity contribution < 1.29 is 18.0 Å². The number of carbonyl (C=O) groups excluding carboxylic acids is 1. The third-order valence-electron chi connectivity index (χ3n) is 4.04. The van der Waals surface area contributed by atoms with Gasteiger partial charge in [0.15, 0.2) is 0 Å². The van der Waals surface area contributed by atoms with Crippen molar-refractivity contribution in [3.8, 4) is 0 Å². The maximum atomic E-state index is 12.6. The summed E-state index contributed by atoms with van der Waals surface area (Å²) in [6.45, 7) is 4.21. The summed E-state index contributed by atoms with van der Waals surface area (Å²) in [6, 6.07) is -0.00723. The fourth-order valence-corrected chi connectivity index (χ4v) is 2.85. The highest BCUT2D eigenvalue weighted by Gasteiger charge is 2.43. The summed E-state index contributed by atoms with van der Waals surface area (Å²) >= 11 is 4.81. The van der Waals surface area contributed by atoms with Crippen LogP contribution in [-0.2, 0) is 4.79 Å². The molecule has 0 aliphatic heterocycles. The summed E-state index contributed by atoms with van der Waals surface area (Å²) in [5.74, 6) is -1.63. The van der Waals surface area contributed by atoms with E-state index in [1.165, 1.54) is 0 Å². The minimum absolute atomic E-state index is 0.00723. The number of nitrogens with zero attached hydrogens (tertiary/aromatic N) is 1. The Bertz CT molecular complexity index is 377. The number of thiocarbonyl (C=S) groups is 1. The Kier molecular flexibility index (Phi) is 6.43. The Hall–Kier alpha value is -0.850. The lowest BCUT2D eigenvalue weighted by atomic mass is 9.81. The minimum Gasteiger partial charge on any atom is -0.393 e. The molecule has 3 nitrogen and oxygen atoms in total. The second-order valence-electron chi connectivity index (χ2n) is 5.93. The SMILES string of the molecule is CC(C)N(CCC(N)=S)C(=O)C1CCC(C(F)(F)F)CC1. The zero-order chi connectivity index (χ0) is 16.2. The highest BCUT2D eigenvalue weighted by atomic mass is 32.1. The van der Waals surface area contributed by atoms with Gasteiger partial charge < -0.3 is 10.6 Å². The third-order valence-corrected chi connectivity index (χ3v) is 4.25. The van der Waals surface area contributed by atoms with Gasteiger partial charge in [0.05, 0.1) is 10.9 Å². The van der Waals surface area contributed by atoms with Gasteiger partial charge in [-0.3, -0.25) is 4.79 Å². The van der Waals surface area contributed by atoms with E-state index in [9.17, 15) is 18.0 Å². The number of hydrogen-bond acceptors (Lipinski definition) is 2. The van der Waals surface area contributed by atoms with Gasteiger partial charge in [0.1, 0.15) is 0 Å². The van der Waals surface area contributed by atoms with Crippen LogP contribution in [0.25, 0.3) is 0 Å². The van der Waals surface area contributed by atoms with Gasteiger partial charge >= 0.3 is 6.18 Å². The van der Waals surface area contributed by atoms with Gasteiger partial charge in [-0.25, -0.2) is 0 Å². The molecule has 1 amide bonds. The van der Waals surface area contributed by atoms with E-state index >= 15 is 0 Å². The highest BCUT2D eigenvalue weighted by molar-refractivity contribution is 7.80. The van der Waals surface area contributed by atoms with Crippen LogP contribution in [0.1, 0.15) is 46.0 Å². The molecular formula is C14H23F3N2OS. The minimum atomic E-state index is -4.14. The van der Waals surface area contributed by atoms with E-state index in [4.69, 9.17) is 18.0 Å². The first-order valence-corrected chi connectivity index (χ1v) is 7.69. The number of rotatable bonds is 5. The number of carbonyl (C=O) groups is 1. The first kappa shape index (κ1) is 18.2. The lowest BCUT2D eigenvalue weighted by Gasteiger charge is -2.34. The van der Waals surface area contributed by atoms with Crippen LogP contribution in [0.3, 0.4) is 0 Å². The zero-order valence-electron chi connectivity index (χ0n) is 12.4. The molecule has 0 radical (unpaired) electrons. The zero-order valence-corrected chi connectivity index (χ0v) is 13.3. The summed E-state index contributed by atoms with van der Waals surface area (Å²) in [7, 11) is 0. The second-order valence-corrected chi connectivity index (χ2v) is 6.46. The van der Waals surface area contributed by atoms with E-state index in [0.717, 1.165) is 0 Å². The molecule has 1 aliphatic carbocycles. The molecule has 0 bridgehead atoms. The number of hydrogen-bond donors (Lipinski definition) is 1. The molecule has 0 aromatic heterocycles. The normalized spacial score (nSPS) is 23.1. The van der Waals surface area contributed by atoms with Crippen LogP contribution in [-0.4, -0.2) is 34.6 Å². The van der Waals surface area contributed by atoms with Gasteiger partial charge in [-0.05, 0) is 39.5 Å². The molecule has 0 aromatic carbocycles. The van der Waals surface area contributed by atoms with Crippen molar-refractivity contribution in [2.45, 2.75) is 58.2 Å². The van der Waals surface area contributed by atoms with Crippen molar-refractivity contribution in [1.29, 1.82) is 0 Å². The van der Waals surface area contributed by atoms with Crippen LogP contribution in [0, 0.1) is 11.8 Å². The maximum Gasteiger partial charge on any atom is 0.391 e. The van der Waals surface area contributed by atoms with Gasteiger partial charge in [-0.1, -0.05) is 12.2 Å². The van der Waals surface area contributed by atoms with E-state index in [1.807, 2.05) is 13.8 Å². The molecule has 0 atom stereocenters. The Morgan fingerprint density at radius 2 is 1.81 bits per heavy atom. The Morgan fingerprint density at radius 3 is 2.19 bits per heavy atom. The first-order chi connectivity index (χ1) is 9.62. The monoisotopic (exact) mass is 324 g/mol. The molecule has 1 saturated carbocycles. The summed E-state index contributed by atoms with van der Waals surface area (Å²) in [5.41, 5.74) is 5.45. The van der Waals surface area contributed by atoms with Crippen molar-refractivity contribution in [3.05, 3.63) is 0 Å². The molecular weight excluding hydrogens is 301 g/mol. The summed E-state index contributed by atoms with van der Waals surface area (Å²) < 4.78 is 37.9. The molecule has 0 spiro atoms. The number of halogens is 3. The Balaban J connectivity index is 2.59. The van der Waals surface area contributed by atoms with Crippen molar-refractivity contribution in [3.63, 3.8) is 0 Å². The molecule has 21 heavy (non-hydrogen) atoms. The van der Waals surface area contributed by atoms with Crippen molar-refractivity contribution in [2.75, 3.05) is 6.54 Å². The summed E-state index contributed by atoms with van der Waals surface area (Å²) in [6.07, 6.45) is -3.00. The van der Waals surface area contributed by atoms with Crippen LogP contribution >= 0.6 is 12.2 Å². The van der Waals surface area contributed by atoms with Crippen LogP contribution < -0.4 is 5.73 Å². The molecule has 0 saturated heterocycles. The van der Waals surface area contributed by atoms with Crippen molar-refractivity contribution in [2.24, 2.45) is 17.6 Å². The largest absolute Gasteiger partial charge is 0.393 e. The highest BCUT2D eigenvalue weighted by Crippen LogP contribution is 2.40. The Labute approximate surface area is 129 Å². The van der Waals surface area contributed by atoms with Gasteiger partial charge in [-0.2, -0.15) is 13.2 Å². The van der Waals surface area contributed by atoms with Gasteiger partial charge in [0.2, 0.25) is 5.91 Å². The summed E-state index contributed by atoms with van der Waals surface area (Å²) in [5, 5.41) is 0. The average Bonchev–Trinajstić information content (AvgIpc) is 2.37. The lowest BCUT2D eigenvalue weighted by molar-refractivity contribution is -0.185. The molecule has 122 valence electrons. The van der Waals surface area contributed by atoms with Crippen LogP contribution in [0.4, 0.5) is 13.2 Å². The van der Waals surface area contributed by atoms with Crippen molar-refractivity contribution in [1.82, 2.24) is 4.90 Å². The molecule has 1 rings (SSSR count). The fraction of sp³-hybridized carbons (Fsp3) is 0.857. The molecule has 0 aromatic rings. The number of nitrogens with two attached hydrogens (primary N) is 1. The molecule has 0 heterocycles. The van der Waals surface area contributed by atoms with E-state index in [-0.39, 0.29) is 30.7 Å². The van der Waals surface area contributed by atoms with Gasteiger partial charge in [0, 0.05) is 24.9 Å². The van der Waals surface area contributed by atoms with E-state index in [1.54, 1.807) is 4.90 Å². The lowest BCUT2D eigenvalue weighted by Crippen LogP contribution is -2.44. The molecule has 1 aliphatic rings. The van der Waals surface area contributed by atoms with Crippen LogP contribution in [0.15, 0.2) is 0 Å². The predicted octanol–water partition coefficient (Wildman–Crippen LogP) is 3.27. The molecule has 2 N–H and O–H groups in total. The third kappa shape index (κ3) is 5.45. The Morgan fingerprint density at radius 1 is 1.29 bits per heavy atom. The smallest absolute Gasteiger partial charge is 0.391 e. The summed E-state index contributed by atoms with van der Waals surface area (Å²) in [4.78, 5) is 14.5. The fourth-order valence-electron chi connectivity index (χ4n) is 2.76. The van der Waals surface area contributed by atoms with Crippen molar-refractivity contribution >= 4 is 23.1 Å².